The van der Waals surface area contributed by atoms with Crippen molar-refractivity contribution in [2.45, 2.75) is 5.03 Å². The normalized spacial score (nSPS) is 10.1. The average molecular weight is 265 g/mol. The first-order valence-corrected chi connectivity index (χ1v) is 5.28. The Morgan fingerprint density at radius 2 is 2.38 bits per heavy atom. The van der Waals surface area contributed by atoms with E-state index in [0.717, 1.165) is 9.50 Å². The fourth-order valence-corrected chi connectivity index (χ4v) is 1.99. The zero-order chi connectivity index (χ0) is 9.68. The molecule has 5 nitrogen and oxygen atoms in total. The summed E-state index contributed by atoms with van der Waals surface area (Å²) in [5.41, 5.74) is 2.44. The third-order valence-electron chi connectivity index (χ3n) is 1.22. The zero-order valence-corrected chi connectivity index (χ0v) is 9.10. The van der Waals surface area contributed by atoms with Gasteiger partial charge in [-0.3, -0.25) is 0 Å². The molecule has 0 saturated heterocycles. The van der Waals surface area contributed by atoms with Gasteiger partial charge in [0.25, 0.3) is 0 Å². The van der Waals surface area contributed by atoms with Gasteiger partial charge in [-0.25, -0.2) is 15.8 Å². The van der Waals surface area contributed by atoms with E-state index in [1.54, 1.807) is 0 Å². The van der Waals surface area contributed by atoms with Crippen LogP contribution in [-0.2, 0) is 0 Å². The van der Waals surface area contributed by atoms with Gasteiger partial charge in [-0.2, -0.15) is 0 Å². The monoisotopic (exact) mass is 264 g/mol. The fraction of sp³-hybridized carbons (Fsp3) is 0.333. The van der Waals surface area contributed by atoms with E-state index in [1.807, 2.05) is 0 Å². The highest BCUT2D eigenvalue weighted by molar-refractivity contribution is 9.10. The second-order valence-corrected chi connectivity index (χ2v) is 3.93. The van der Waals surface area contributed by atoms with Crippen molar-refractivity contribution in [3.63, 3.8) is 0 Å². The second kappa shape index (κ2) is 5.38. The van der Waals surface area contributed by atoms with Crippen LogP contribution in [0.25, 0.3) is 0 Å². The summed E-state index contributed by atoms with van der Waals surface area (Å²) in [7, 11) is 0. The lowest BCUT2D eigenvalue weighted by Gasteiger charge is -2.05. The molecule has 1 aromatic rings. The van der Waals surface area contributed by atoms with Crippen LogP contribution in [-0.4, -0.2) is 27.4 Å². The van der Waals surface area contributed by atoms with Crippen LogP contribution in [0, 0.1) is 0 Å². The lowest BCUT2D eigenvalue weighted by molar-refractivity contribution is 0.322. The van der Waals surface area contributed by atoms with Gasteiger partial charge in [0, 0.05) is 5.75 Å². The van der Waals surface area contributed by atoms with Crippen molar-refractivity contribution >= 4 is 33.5 Å². The van der Waals surface area contributed by atoms with E-state index in [0.29, 0.717) is 11.6 Å². The molecule has 0 aliphatic carbocycles. The third-order valence-corrected chi connectivity index (χ3v) is 3.21. The number of hydrogen-bond acceptors (Lipinski definition) is 6. The van der Waals surface area contributed by atoms with Gasteiger partial charge in [-0.05, 0) is 15.9 Å². The van der Waals surface area contributed by atoms with Crippen LogP contribution in [0.5, 0.6) is 0 Å². The lowest BCUT2D eigenvalue weighted by Crippen LogP contribution is -2.09. The predicted octanol–water partition coefficient (Wildman–Crippen LogP) is 0.609. The standard InChI is InChI=1S/C6H9BrN4OS/c7-4-5(11-8)9-3-10-6(4)13-2-1-12/h3,12H,1-2,8H2,(H,9,10,11). The van der Waals surface area contributed by atoms with Crippen molar-refractivity contribution < 1.29 is 5.11 Å². The minimum Gasteiger partial charge on any atom is -0.396 e. The summed E-state index contributed by atoms with van der Waals surface area (Å²) in [6, 6.07) is 0. The van der Waals surface area contributed by atoms with E-state index in [-0.39, 0.29) is 6.61 Å². The maximum atomic E-state index is 8.63. The topological polar surface area (TPSA) is 84.1 Å². The molecule has 0 aromatic carbocycles. The minimum atomic E-state index is 0.118. The number of aliphatic hydroxyl groups excluding tert-OH is 1. The summed E-state index contributed by atoms with van der Waals surface area (Å²) in [6.07, 6.45) is 1.42. The second-order valence-electron chi connectivity index (χ2n) is 2.06. The molecule has 1 heterocycles. The van der Waals surface area contributed by atoms with Gasteiger partial charge in [-0.15, -0.1) is 11.8 Å². The number of aromatic nitrogens is 2. The number of anilines is 1. The molecule has 0 bridgehead atoms. The van der Waals surface area contributed by atoms with Gasteiger partial charge in [0.1, 0.15) is 11.4 Å². The summed E-state index contributed by atoms with van der Waals surface area (Å²) in [6.45, 7) is 0.118. The van der Waals surface area contributed by atoms with E-state index in [4.69, 9.17) is 10.9 Å². The predicted molar refractivity (Wildman–Crippen MR) is 55.4 cm³/mol. The molecule has 0 saturated carbocycles. The number of rotatable bonds is 4. The maximum absolute atomic E-state index is 8.63. The molecule has 1 rings (SSSR count). The van der Waals surface area contributed by atoms with Gasteiger partial charge in [-0.1, -0.05) is 0 Å². The molecule has 7 heteroatoms. The average Bonchev–Trinajstić information content (AvgIpc) is 2.16. The molecule has 0 aliphatic rings. The zero-order valence-electron chi connectivity index (χ0n) is 6.70. The highest BCUT2D eigenvalue weighted by Gasteiger charge is 2.07. The number of hydrogen-bond donors (Lipinski definition) is 3. The number of halogens is 1. The van der Waals surface area contributed by atoms with E-state index < -0.39 is 0 Å². The Hall–Kier alpha value is -0.370. The van der Waals surface area contributed by atoms with Crippen LogP contribution in [0.4, 0.5) is 5.82 Å². The smallest absolute Gasteiger partial charge is 0.158 e. The molecule has 0 fully saturated rings. The van der Waals surface area contributed by atoms with E-state index in [1.165, 1.54) is 18.1 Å². The fourth-order valence-electron chi connectivity index (χ4n) is 0.697. The Morgan fingerprint density at radius 3 is 3.00 bits per heavy atom. The molecule has 0 amide bonds. The number of nitrogens with two attached hydrogens (primary N) is 1. The largest absolute Gasteiger partial charge is 0.396 e. The summed E-state index contributed by atoms with van der Waals surface area (Å²) < 4.78 is 0.718. The van der Waals surface area contributed by atoms with Crippen molar-refractivity contribution in [2.24, 2.45) is 5.84 Å². The summed E-state index contributed by atoms with van der Waals surface area (Å²) in [4.78, 5) is 7.92. The van der Waals surface area contributed by atoms with Crippen LogP contribution in [0.3, 0.4) is 0 Å². The van der Waals surface area contributed by atoms with Gasteiger partial charge in [0.15, 0.2) is 5.82 Å². The van der Waals surface area contributed by atoms with E-state index >= 15 is 0 Å². The van der Waals surface area contributed by atoms with E-state index in [9.17, 15) is 0 Å². The molecule has 13 heavy (non-hydrogen) atoms. The van der Waals surface area contributed by atoms with Crippen molar-refractivity contribution in [3.8, 4) is 0 Å². The molecule has 72 valence electrons. The number of nitrogens with one attached hydrogen (secondary N) is 1. The summed E-state index contributed by atoms with van der Waals surface area (Å²) in [5.74, 6) is 6.35. The lowest BCUT2D eigenvalue weighted by atomic mass is 10.6. The molecular formula is C6H9BrN4OS. The highest BCUT2D eigenvalue weighted by atomic mass is 79.9. The number of hydrazine groups is 1. The van der Waals surface area contributed by atoms with Gasteiger partial charge >= 0.3 is 0 Å². The Labute approximate surface area is 88.2 Å². The number of thioether (sulfide) groups is 1. The Bertz CT molecular complexity index is 285. The van der Waals surface area contributed by atoms with Crippen LogP contribution >= 0.6 is 27.7 Å². The number of nitrogen functional groups attached to an aromatic ring is 1. The Kier molecular flexibility index (Phi) is 4.43. The van der Waals surface area contributed by atoms with Crippen molar-refractivity contribution in [3.05, 3.63) is 10.8 Å². The minimum absolute atomic E-state index is 0.118. The Morgan fingerprint density at radius 1 is 1.62 bits per heavy atom. The molecule has 1 aromatic heterocycles. The maximum Gasteiger partial charge on any atom is 0.158 e. The number of aliphatic hydroxyl groups is 1. The quantitative estimate of drug-likeness (QED) is 0.320. The highest BCUT2D eigenvalue weighted by Crippen LogP contribution is 2.29. The van der Waals surface area contributed by atoms with Gasteiger partial charge in [0.2, 0.25) is 0 Å². The first-order chi connectivity index (χ1) is 6.29. The van der Waals surface area contributed by atoms with E-state index in [2.05, 4.69) is 31.3 Å². The molecule has 0 atom stereocenters. The molecule has 0 unspecified atom stereocenters. The van der Waals surface area contributed by atoms with Crippen molar-refractivity contribution in [1.29, 1.82) is 0 Å². The first-order valence-electron chi connectivity index (χ1n) is 3.50. The molecule has 4 N–H and O–H groups in total. The SMILES string of the molecule is NNc1ncnc(SCCO)c1Br. The summed E-state index contributed by atoms with van der Waals surface area (Å²) >= 11 is 4.73. The first kappa shape index (κ1) is 10.7. The van der Waals surface area contributed by atoms with Crippen LogP contribution in [0.15, 0.2) is 15.8 Å². The molecular weight excluding hydrogens is 256 g/mol. The summed E-state index contributed by atoms with van der Waals surface area (Å²) in [5, 5.41) is 9.39. The molecule has 0 radical (unpaired) electrons. The number of nitrogens with zero attached hydrogens (tertiary/aromatic N) is 2. The third kappa shape index (κ3) is 2.80. The molecule has 0 aliphatic heterocycles. The van der Waals surface area contributed by atoms with Crippen LogP contribution in [0.2, 0.25) is 0 Å². The van der Waals surface area contributed by atoms with Crippen molar-refractivity contribution in [2.75, 3.05) is 17.8 Å². The van der Waals surface area contributed by atoms with Crippen LogP contribution < -0.4 is 11.3 Å². The molecule has 0 spiro atoms. The van der Waals surface area contributed by atoms with Gasteiger partial charge in [0.05, 0.1) is 11.1 Å². The van der Waals surface area contributed by atoms with Crippen molar-refractivity contribution in [1.82, 2.24) is 9.97 Å². The van der Waals surface area contributed by atoms with Gasteiger partial charge < -0.3 is 10.5 Å². The van der Waals surface area contributed by atoms with Crippen LogP contribution in [0.1, 0.15) is 0 Å². The Balaban J connectivity index is 2.81.